The molecule has 9 heteroatoms. The van der Waals surface area contributed by atoms with Crippen LogP contribution in [-0.2, 0) is 9.59 Å². The van der Waals surface area contributed by atoms with Gasteiger partial charge in [-0.25, -0.2) is 0 Å². The van der Waals surface area contributed by atoms with Crippen molar-refractivity contribution in [1.82, 2.24) is 20.0 Å². The fourth-order valence-electron chi connectivity index (χ4n) is 3.50. The number of aromatic nitrogens is 2. The predicted octanol–water partition coefficient (Wildman–Crippen LogP) is 0.304. The maximum Gasteiger partial charge on any atom is 0.277 e. The summed E-state index contributed by atoms with van der Waals surface area (Å²) in [6.07, 6.45) is 2.43. The van der Waals surface area contributed by atoms with Gasteiger partial charge in [-0.3, -0.25) is 9.59 Å². The fourth-order valence-corrected chi connectivity index (χ4v) is 4.21. The maximum absolute atomic E-state index is 12.7. The lowest BCUT2D eigenvalue weighted by atomic mass is 9.78. The standard InChI is InChI=1S/C15H22N4O4S/c1-11-16-17-14(23-11)24-9-12(21)19-6-4-15(10-19)3-2-5-18(7-8-20)13(15)22/h20H,2-10H2,1H3/t15-/m0/s1. The van der Waals surface area contributed by atoms with Crippen molar-refractivity contribution >= 4 is 23.6 Å². The molecule has 0 aliphatic carbocycles. The number of nitrogens with zero attached hydrogens (tertiary/aromatic N) is 4. The third-order valence-electron chi connectivity index (χ3n) is 4.73. The lowest BCUT2D eigenvalue weighted by Crippen LogP contribution is -2.51. The van der Waals surface area contributed by atoms with E-state index in [-0.39, 0.29) is 24.2 Å². The van der Waals surface area contributed by atoms with Crippen molar-refractivity contribution in [2.75, 3.05) is 38.5 Å². The predicted molar refractivity (Wildman–Crippen MR) is 86.3 cm³/mol. The number of carbonyl (C=O) groups excluding carboxylic acids is 2. The quantitative estimate of drug-likeness (QED) is 0.759. The molecule has 3 rings (SSSR count). The van der Waals surface area contributed by atoms with Crippen LogP contribution in [0.5, 0.6) is 0 Å². The second-order valence-corrected chi connectivity index (χ2v) is 7.27. The fraction of sp³-hybridized carbons (Fsp3) is 0.733. The molecule has 1 atom stereocenters. The Morgan fingerprint density at radius 1 is 1.38 bits per heavy atom. The minimum absolute atomic E-state index is 0.0141. The van der Waals surface area contributed by atoms with Crippen LogP contribution in [0.3, 0.4) is 0 Å². The van der Waals surface area contributed by atoms with E-state index in [0.29, 0.717) is 43.7 Å². The number of likely N-dealkylation sites (tertiary alicyclic amines) is 2. The molecule has 2 saturated heterocycles. The van der Waals surface area contributed by atoms with Crippen molar-refractivity contribution in [1.29, 1.82) is 0 Å². The average molecular weight is 354 g/mol. The minimum atomic E-state index is -0.463. The molecule has 1 spiro atoms. The lowest BCUT2D eigenvalue weighted by molar-refractivity contribution is -0.146. The molecular formula is C15H22N4O4S. The SMILES string of the molecule is Cc1nnc(SCC(=O)N2CC[C@@]3(CCCN(CCO)C3=O)C2)o1. The zero-order valence-corrected chi connectivity index (χ0v) is 14.5. The van der Waals surface area contributed by atoms with Gasteiger partial charge in [0.05, 0.1) is 17.8 Å². The first-order valence-electron chi connectivity index (χ1n) is 8.15. The lowest BCUT2D eigenvalue weighted by Gasteiger charge is -2.39. The molecule has 0 aromatic carbocycles. The summed E-state index contributed by atoms with van der Waals surface area (Å²) in [5.41, 5.74) is -0.463. The maximum atomic E-state index is 12.7. The first kappa shape index (κ1) is 17.2. The summed E-state index contributed by atoms with van der Waals surface area (Å²) in [4.78, 5) is 28.6. The average Bonchev–Trinajstić information content (AvgIpc) is 3.17. The molecule has 1 N–H and O–H groups in total. The molecule has 1 aromatic rings. The molecule has 24 heavy (non-hydrogen) atoms. The summed E-state index contributed by atoms with van der Waals surface area (Å²) in [7, 11) is 0. The molecule has 1 aromatic heterocycles. The summed E-state index contributed by atoms with van der Waals surface area (Å²) in [5.74, 6) is 0.770. The molecule has 8 nitrogen and oxygen atoms in total. The largest absolute Gasteiger partial charge is 0.416 e. The van der Waals surface area contributed by atoms with Crippen molar-refractivity contribution in [3.05, 3.63) is 5.89 Å². The summed E-state index contributed by atoms with van der Waals surface area (Å²) < 4.78 is 5.25. The number of aryl methyl sites for hydroxylation is 1. The molecule has 2 aliphatic heterocycles. The summed E-state index contributed by atoms with van der Waals surface area (Å²) >= 11 is 1.22. The minimum Gasteiger partial charge on any atom is -0.416 e. The highest BCUT2D eigenvalue weighted by atomic mass is 32.2. The van der Waals surface area contributed by atoms with Crippen molar-refractivity contribution < 1.29 is 19.1 Å². The van der Waals surface area contributed by atoms with Gasteiger partial charge in [0.2, 0.25) is 17.7 Å². The number of aliphatic hydroxyl groups excluding tert-OH is 1. The zero-order chi connectivity index (χ0) is 17.2. The molecule has 0 radical (unpaired) electrons. The van der Waals surface area contributed by atoms with Crippen LogP contribution in [0.15, 0.2) is 9.64 Å². The van der Waals surface area contributed by atoms with Crippen molar-refractivity contribution in [3.63, 3.8) is 0 Å². The molecule has 132 valence electrons. The highest BCUT2D eigenvalue weighted by molar-refractivity contribution is 7.99. The number of β-amino-alcohol motifs (C(OH)–C–C–N with tert-alkyl or cyclic N) is 1. The number of hydrogen-bond acceptors (Lipinski definition) is 7. The number of rotatable bonds is 5. The van der Waals surface area contributed by atoms with Gasteiger partial charge in [-0.15, -0.1) is 10.2 Å². The summed E-state index contributed by atoms with van der Waals surface area (Å²) in [5, 5.41) is 17.1. The van der Waals surface area contributed by atoms with Crippen LogP contribution in [0.2, 0.25) is 0 Å². The number of hydrogen-bond donors (Lipinski definition) is 1. The second-order valence-electron chi connectivity index (χ2n) is 6.34. The van der Waals surface area contributed by atoms with Gasteiger partial charge in [-0.05, 0) is 19.3 Å². The van der Waals surface area contributed by atoms with E-state index in [1.54, 1.807) is 16.7 Å². The van der Waals surface area contributed by atoms with Crippen LogP contribution >= 0.6 is 11.8 Å². The number of aliphatic hydroxyl groups is 1. The Morgan fingerprint density at radius 2 is 2.21 bits per heavy atom. The topological polar surface area (TPSA) is 99.8 Å². The molecule has 3 heterocycles. The van der Waals surface area contributed by atoms with E-state index in [1.807, 2.05) is 0 Å². The van der Waals surface area contributed by atoms with Gasteiger partial charge in [-0.1, -0.05) is 11.8 Å². The Labute approximate surface area is 144 Å². The number of carbonyl (C=O) groups is 2. The molecule has 2 fully saturated rings. The van der Waals surface area contributed by atoms with Crippen molar-refractivity contribution in [2.45, 2.75) is 31.4 Å². The highest BCUT2D eigenvalue weighted by Crippen LogP contribution is 2.40. The van der Waals surface area contributed by atoms with Crippen LogP contribution in [0, 0.1) is 12.3 Å². The van der Waals surface area contributed by atoms with Gasteiger partial charge in [0.1, 0.15) is 0 Å². The van der Waals surface area contributed by atoms with E-state index in [4.69, 9.17) is 9.52 Å². The van der Waals surface area contributed by atoms with Crippen molar-refractivity contribution in [2.24, 2.45) is 5.41 Å². The van der Waals surface area contributed by atoms with Gasteiger partial charge >= 0.3 is 0 Å². The Morgan fingerprint density at radius 3 is 2.92 bits per heavy atom. The van der Waals surface area contributed by atoms with Crippen LogP contribution in [0.4, 0.5) is 0 Å². The Bertz CT molecular complexity index is 620. The number of thioether (sulfide) groups is 1. The smallest absolute Gasteiger partial charge is 0.277 e. The van der Waals surface area contributed by atoms with Gasteiger partial charge < -0.3 is 19.3 Å². The van der Waals surface area contributed by atoms with E-state index < -0.39 is 5.41 Å². The summed E-state index contributed by atoms with van der Waals surface area (Å²) in [6.45, 7) is 3.82. The van der Waals surface area contributed by atoms with Gasteiger partial charge in [0.15, 0.2) is 0 Å². The number of piperidine rings is 1. The van der Waals surface area contributed by atoms with E-state index in [1.165, 1.54) is 11.8 Å². The first-order chi connectivity index (χ1) is 11.5. The van der Waals surface area contributed by atoms with Crippen molar-refractivity contribution in [3.8, 4) is 0 Å². The molecule has 0 saturated carbocycles. The van der Waals surface area contributed by atoms with Gasteiger partial charge in [-0.2, -0.15) is 0 Å². The normalized spacial score (nSPS) is 24.2. The van der Waals surface area contributed by atoms with Crippen LogP contribution in [-0.4, -0.2) is 75.5 Å². The van der Waals surface area contributed by atoms with Gasteiger partial charge in [0, 0.05) is 33.1 Å². The van der Waals surface area contributed by atoms with Gasteiger partial charge in [0.25, 0.3) is 5.22 Å². The molecule has 2 aliphatic rings. The molecule has 0 bridgehead atoms. The van der Waals surface area contributed by atoms with Crippen LogP contribution in [0.1, 0.15) is 25.2 Å². The second kappa shape index (κ2) is 7.10. The Hall–Kier alpha value is -1.61. The third-order valence-corrected chi connectivity index (χ3v) is 5.53. The van der Waals surface area contributed by atoms with E-state index in [0.717, 1.165) is 12.8 Å². The van der Waals surface area contributed by atoms with E-state index in [2.05, 4.69) is 10.2 Å². The Balaban J connectivity index is 1.57. The third kappa shape index (κ3) is 3.41. The van der Waals surface area contributed by atoms with Crippen LogP contribution in [0.25, 0.3) is 0 Å². The monoisotopic (exact) mass is 354 g/mol. The van der Waals surface area contributed by atoms with E-state index >= 15 is 0 Å². The zero-order valence-electron chi connectivity index (χ0n) is 13.7. The highest BCUT2D eigenvalue weighted by Gasteiger charge is 2.49. The summed E-state index contributed by atoms with van der Waals surface area (Å²) in [6, 6.07) is 0. The van der Waals surface area contributed by atoms with Crippen LogP contribution < -0.4 is 0 Å². The Kier molecular flexibility index (Phi) is 5.09. The number of amides is 2. The molecular weight excluding hydrogens is 332 g/mol. The molecule has 0 unspecified atom stereocenters. The van der Waals surface area contributed by atoms with E-state index in [9.17, 15) is 9.59 Å². The molecule has 2 amide bonds. The first-order valence-corrected chi connectivity index (χ1v) is 9.13.